The molecule has 0 radical (unpaired) electrons. The molecule has 0 amide bonds. The van der Waals surface area contributed by atoms with Crippen LogP contribution in [0.3, 0.4) is 0 Å². The number of rotatable bonds is 2. The van der Waals surface area contributed by atoms with Crippen LogP contribution in [0, 0.1) is 0 Å². The van der Waals surface area contributed by atoms with Crippen LogP contribution in [-0.4, -0.2) is 0 Å². The van der Waals surface area contributed by atoms with Gasteiger partial charge in [0, 0.05) is 21.0 Å². The maximum atomic E-state index is 6.09. The molecule has 1 atom stereocenters. The number of allylic oxidation sites excluding steroid dienone is 2. The maximum absolute atomic E-state index is 6.09. The van der Waals surface area contributed by atoms with E-state index in [1.54, 1.807) is 0 Å². The molecular weight excluding hydrogens is 287 g/mol. The second-order valence-electron chi connectivity index (χ2n) is 2.98. The zero-order chi connectivity index (χ0) is 9.80. The highest BCUT2D eigenvalue weighted by Crippen LogP contribution is 2.25. The minimum absolute atomic E-state index is 0.0687. The van der Waals surface area contributed by atoms with Gasteiger partial charge in [0.25, 0.3) is 0 Å². The normalized spacial score (nSPS) is 17.1. The van der Waals surface area contributed by atoms with Crippen molar-refractivity contribution in [3.05, 3.63) is 57.8 Å². The minimum atomic E-state index is -0.155. The highest BCUT2D eigenvalue weighted by atomic mass is 127. The van der Waals surface area contributed by atoms with Crippen molar-refractivity contribution < 1.29 is 0 Å². The largest absolute Gasteiger partial charge is 0.319 e. The van der Waals surface area contributed by atoms with Crippen LogP contribution in [0.5, 0.6) is 0 Å². The van der Waals surface area contributed by atoms with E-state index in [1.165, 1.54) is 0 Å². The van der Waals surface area contributed by atoms with E-state index in [1.807, 2.05) is 36.4 Å². The predicted octanol–water partition coefficient (Wildman–Crippen LogP) is 3.25. The zero-order valence-electron chi connectivity index (χ0n) is 7.60. The summed E-state index contributed by atoms with van der Waals surface area (Å²) in [5.41, 5.74) is 8.22. The lowest BCUT2D eigenvalue weighted by Gasteiger charge is -2.12. The molecule has 1 aromatic carbocycles. The van der Waals surface area contributed by atoms with Crippen LogP contribution < -0.4 is 5.73 Å². The number of benzene rings is 1. The van der Waals surface area contributed by atoms with Gasteiger partial charge >= 0.3 is 0 Å². The summed E-state index contributed by atoms with van der Waals surface area (Å²) in [6, 6.07) is 10.0. The van der Waals surface area contributed by atoms with E-state index in [-0.39, 0.29) is 27.1 Å². The average Bonchev–Trinajstić information content (AvgIpc) is 2.30. The molecule has 1 aromatic rings. The molecule has 1 heterocycles. The molecule has 0 saturated carbocycles. The van der Waals surface area contributed by atoms with Crippen LogP contribution in [0.4, 0.5) is 0 Å². The molecule has 2 N–H and O–H groups in total. The third kappa shape index (κ3) is 2.16. The third-order valence-electron chi connectivity index (χ3n) is 2.02. The highest BCUT2D eigenvalue weighted by Gasteiger charge is 2.10. The van der Waals surface area contributed by atoms with Crippen LogP contribution in [0.15, 0.2) is 55.4 Å². The van der Waals surface area contributed by atoms with Crippen molar-refractivity contribution >= 4 is 21.0 Å². The van der Waals surface area contributed by atoms with Gasteiger partial charge in [0.05, 0.1) is 11.7 Å². The van der Waals surface area contributed by atoms with Crippen LogP contribution in [-0.2, 0) is 0 Å². The Labute approximate surface area is 93.7 Å². The summed E-state index contributed by atoms with van der Waals surface area (Å²) in [6.07, 6.45) is 4.05. The Hall–Kier alpha value is -0.810. The number of hydrogen-bond donors (Lipinski definition) is 1. The molecule has 0 bridgehead atoms. The van der Waals surface area contributed by atoms with Gasteiger partial charge in [0.2, 0.25) is 0 Å². The van der Waals surface area contributed by atoms with Gasteiger partial charge in [-0.2, -0.15) is 0 Å². The number of halogens is 1. The van der Waals surface area contributed by atoms with Crippen molar-refractivity contribution in [2.45, 2.75) is 6.04 Å². The van der Waals surface area contributed by atoms with Gasteiger partial charge in [-0.25, -0.2) is 3.15 Å². The predicted molar refractivity (Wildman–Crippen MR) is 67.0 cm³/mol. The van der Waals surface area contributed by atoms with E-state index >= 15 is 0 Å². The quantitative estimate of drug-likeness (QED) is 0.836. The van der Waals surface area contributed by atoms with E-state index in [0.717, 1.165) is 11.3 Å². The van der Waals surface area contributed by atoms with Crippen LogP contribution in [0.2, 0.25) is 0 Å². The summed E-state index contributed by atoms with van der Waals surface area (Å²) in [6.45, 7) is 0. The average molecular weight is 298 g/mol. The first-order chi connectivity index (χ1) is 6.88. The summed E-state index contributed by atoms with van der Waals surface area (Å²) in [5, 5.41) is 0. The Morgan fingerprint density at radius 3 is 2.64 bits per heavy atom. The summed E-state index contributed by atoms with van der Waals surface area (Å²) in [4.78, 5) is 0. The molecule has 0 spiro atoms. The van der Waals surface area contributed by atoms with Gasteiger partial charge in [0.15, 0.2) is 0 Å². The van der Waals surface area contributed by atoms with Crippen molar-refractivity contribution in [1.82, 2.24) is 0 Å². The van der Waals surface area contributed by atoms with Crippen LogP contribution in [0.25, 0.3) is 0 Å². The van der Waals surface area contributed by atoms with Gasteiger partial charge in [-0.3, -0.25) is 0 Å². The van der Waals surface area contributed by atoms with Gasteiger partial charge in [-0.15, -0.1) is 0 Å². The Morgan fingerprint density at radius 2 is 2.00 bits per heavy atom. The standard InChI is InChI=1S/C11H11IN2/c13-11(9-5-2-1-3-6-9)10-7-4-8-12-14-10/h1-8,11H,13H2/t11-/m0/s1. The van der Waals surface area contributed by atoms with E-state index in [9.17, 15) is 0 Å². The van der Waals surface area contributed by atoms with E-state index < -0.39 is 0 Å². The summed E-state index contributed by atoms with van der Waals surface area (Å²) < 4.78 is 6.59. The van der Waals surface area contributed by atoms with Gasteiger partial charge in [0.1, 0.15) is 0 Å². The SMILES string of the molecule is N[C@H](C1=CC=CI=N1)c1ccccc1. The van der Waals surface area contributed by atoms with E-state index in [2.05, 4.69) is 13.3 Å². The summed E-state index contributed by atoms with van der Waals surface area (Å²) in [5.74, 6) is 0. The maximum Gasteiger partial charge on any atom is 0.0731 e. The lowest BCUT2D eigenvalue weighted by Crippen LogP contribution is -2.11. The molecule has 14 heavy (non-hydrogen) atoms. The molecule has 1 aliphatic heterocycles. The summed E-state index contributed by atoms with van der Waals surface area (Å²) >= 11 is -0.155. The van der Waals surface area contributed by atoms with Crippen molar-refractivity contribution in [3.8, 4) is 0 Å². The number of nitrogens with zero attached hydrogens (tertiary/aromatic N) is 1. The van der Waals surface area contributed by atoms with Crippen LogP contribution in [0.1, 0.15) is 11.6 Å². The monoisotopic (exact) mass is 298 g/mol. The van der Waals surface area contributed by atoms with E-state index in [0.29, 0.717) is 0 Å². The topological polar surface area (TPSA) is 38.4 Å². The van der Waals surface area contributed by atoms with Gasteiger partial charge in [-0.05, 0) is 15.7 Å². The Morgan fingerprint density at radius 1 is 1.21 bits per heavy atom. The molecule has 0 aliphatic carbocycles. The first-order valence-corrected chi connectivity index (χ1v) is 6.60. The fourth-order valence-electron chi connectivity index (χ4n) is 1.27. The van der Waals surface area contributed by atoms with Crippen molar-refractivity contribution in [3.63, 3.8) is 0 Å². The molecule has 3 heteroatoms. The molecule has 72 valence electrons. The first kappa shape index (κ1) is 9.73. The third-order valence-corrected chi connectivity index (χ3v) is 3.59. The second kappa shape index (κ2) is 4.61. The van der Waals surface area contributed by atoms with Gasteiger partial charge in [-0.1, -0.05) is 36.4 Å². The fourth-order valence-corrected chi connectivity index (χ4v) is 2.60. The lowest BCUT2D eigenvalue weighted by atomic mass is 10.1. The van der Waals surface area contributed by atoms with Crippen molar-refractivity contribution in [1.29, 1.82) is 0 Å². The van der Waals surface area contributed by atoms with Crippen molar-refractivity contribution in [2.24, 2.45) is 8.88 Å². The molecular formula is C11H11IN2. The van der Waals surface area contributed by atoms with Gasteiger partial charge < -0.3 is 5.73 Å². The first-order valence-electron chi connectivity index (χ1n) is 4.39. The fraction of sp³-hybridized carbons (Fsp3) is 0.0909. The Bertz CT molecular complexity index is 393. The molecule has 0 saturated heterocycles. The van der Waals surface area contributed by atoms with Crippen LogP contribution >= 0.6 is 21.0 Å². The highest BCUT2D eigenvalue weighted by molar-refractivity contribution is 14.2. The van der Waals surface area contributed by atoms with Crippen molar-refractivity contribution in [2.75, 3.05) is 0 Å². The smallest absolute Gasteiger partial charge is 0.0731 e. The molecule has 1 aliphatic rings. The molecule has 0 aromatic heterocycles. The lowest BCUT2D eigenvalue weighted by molar-refractivity contribution is 0.840. The molecule has 2 nitrogen and oxygen atoms in total. The molecule has 2 rings (SSSR count). The Kier molecular flexibility index (Phi) is 3.21. The number of hydrogen-bond acceptors (Lipinski definition) is 2. The molecule has 0 fully saturated rings. The van der Waals surface area contributed by atoms with E-state index in [4.69, 9.17) is 5.73 Å². The molecule has 0 unspecified atom stereocenters. The Balaban J connectivity index is 2.25. The minimum Gasteiger partial charge on any atom is -0.319 e. The second-order valence-corrected chi connectivity index (χ2v) is 4.74. The number of nitrogens with two attached hydrogens (primary N) is 1. The summed E-state index contributed by atoms with van der Waals surface area (Å²) in [7, 11) is 0. The zero-order valence-corrected chi connectivity index (χ0v) is 9.76.